The van der Waals surface area contributed by atoms with Crippen molar-refractivity contribution in [3.8, 4) is 0 Å². The molecule has 2 heterocycles. The SMILES string of the molecule is CCC.NC(=O)C1(N)CCCC(C(=O)NC(c2cccc(Cl)c2)C2CCCC2)C1.OC1CN(c2cncc(NCC3(c4cccc(Cl)c4)CCC3)n2)C1. The highest BCUT2D eigenvalue weighted by Gasteiger charge is 2.41. The Kier molecular flexibility index (Phi) is 14.4. The maximum Gasteiger partial charge on any atom is 0.237 e. The van der Waals surface area contributed by atoms with E-state index in [1.54, 1.807) is 12.4 Å². The number of aliphatic hydroxyl groups is 1. The largest absolute Gasteiger partial charge is 0.389 e. The van der Waals surface area contributed by atoms with Crippen molar-refractivity contribution in [3.63, 3.8) is 0 Å². The van der Waals surface area contributed by atoms with Crippen molar-refractivity contribution in [3.05, 3.63) is 82.1 Å². The van der Waals surface area contributed by atoms with Gasteiger partial charge in [-0.1, -0.05) is 93.4 Å². The molecule has 0 bridgehead atoms. The molecule has 4 fully saturated rings. The predicted octanol–water partition coefficient (Wildman–Crippen LogP) is 7.32. The summed E-state index contributed by atoms with van der Waals surface area (Å²) >= 11 is 12.3. The summed E-state index contributed by atoms with van der Waals surface area (Å²) in [5, 5.41) is 17.6. The van der Waals surface area contributed by atoms with Crippen molar-refractivity contribution >= 4 is 46.7 Å². The molecule has 7 N–H and O–H groups in total. The van der Waals surface area contributed by atoms with E-state index >= 15 is 0 Å². The molecule has 7 rings (SSSR count). The number of nitrogens with zero attached hydrogens (tertiary/aromatic N) is 3. The van der Waals surface area contributed by atoms with E-state index in [0.29, 0.717) is 36.9 Å². The molecular formula is C41H57Cl2N7O3. The van der Waals surface area contributed by atoms with Gasteiger partial charge in [0.25, 0.3) is 0 Å². The predicted molar refractivity (Wildman–Crippen MR) is 214 cm³/mol. The van der Waals surface area contributed by atoms with Gasteiger partial charge in [0.1, 0.15) is 11.6 Å². The number of hydrogen-bond donors (Lipinski definition) is 5. The van der Waals surface area contributed by atoms with Crippen LogP contribution in [0.5, 0.6) is 0 Å². The number of nitrogens with one attached hydrogen (secondary N) is 2. The number of β-amino-alcohol motifs (C(OH)–C–C–N with tert-alkyl or cyclic N) is 1. The third-order valence-corrected chi connectivity index (χ3v) is 11.7. The molecule has 10 nitrogen and oxygen atoms in total. The molecule has 3 saturated carbocycles. The normalized spacial score (nSPS) is 22.8. The maximum atomic E-state index is 13.0. The number of halogens is 2. The highest BCUT2D eigenvalue weighted by atomic mass is 35.5. The highest BCUT2D eigenvalue weighted by Crippen LogP contribution is 2.44. The molecule has 0 radical (unpaired) electrons. The van der Waals surface area contributed by atoms with Crippen molar-refractivity contribution in [2.45, 2.75) is 114 Å². The van der Waals surface area contributed by atoms with E-state index < -0.39 is 11.4 Å². The minimum atomic E-state index is -1.07. The van der Waals surface area contributed by atoms with Crippen LogP contribution in [-0.4, -0.2) is 58.2 Å². The Morgan fingerprint density at radius 1 is 0.962 bits per heavy atom. The molecule has 1 saturated heterocycles. The number of aliphatic hydroxyl groups excluding tert-OH is 1. The number of carbonyl (C=O) groups excluding carboxylic acids is 2. The summed E-state index contributed by atoms with van der Waals surface area (Å²) in [5.74, 6) is 1.19. The van der Waals surface area contributed by atoms with E-state index in [1.807, 2.05) is 41.3 Å². The number of benzene rings is 2. The summed E-state index contributed by atoms with van der Waals surface area (Å²) in [6, 6.07) is 15.8. The summed E-state index contributed by atoms with van der Waals surface area (Å²) in [4.78, 5) is 35.6. The number of anilines is 2. The van der Waals surface area contributed by atoms with Crippen LogP contribution in [-0.2, 0) is 15.0 Å². The standard InChI is InChI=1S/C20H28ClN3O2.C18H21ClN4O.C3H8/c21-16-9-3-7-14(11-16)17(13-5-1-2-6-13)24-18(25)15-8-4-10-20(23,12-15)19(22)26;19-14-4-1-3-13(7-14)18(5-2-6-18)12-21-16-8-20-9-17(22-16)23-10-15(24)11-23;1-3-2/h3,7,9,11,13,15,17H,1-2,4-6,8,10,12,23H2,(H2,22,26)(H,24,25);1,3-4,7-9,15,24H,2,5-6,10-12H2,(H,21,22);3H2,1-2H3. The van der Waals surface area contributed by atoms with Crippen molar-refractivity contribution in [2.75, 3.05) is 29.9 Å². The molecule has 3 aliphatic carbocycles. The fourth-order valence-electron chi connectivity index (χ4n) is 7.98. The molecule has 1 aliphatic heterocycles. The van der Waals surface area contributed by atoms with Gasteiger partial charge in [0, 0.05) is 41.0 Å². The van der Waals surface area contributed by atoms with Crippen LogP contribution in [0.25, 0.3) is 0 Å². The first-order chi connectivity index (χ1) is 25.4. The molecular weight excluding hydrogens is 709 g/mol. The Hall–Kier alpha value is -3.44. The van der Waals surface area contributed by atoms with Crippen LogP contribution in [0.2, 0.25) is 10.0 Å². The number of rotatable bonds is 10. The van der Waals surface area contributed by atoms with Crippen LogP contribution in [0.15, 0.2) is 60.9 Å². The third-order valence-electron chi connectivity index (χ3n) is 11.2. The van der Waals surface area contributed by atoms with Crippen LogP contribution in [0, 0.1) is 11.8 Å². The van der Waals surface area contributed by atoms with E-state index in [1.165, 1.54) is 31.2 Å². The minimum Gasteiger partial charge on any atom is -0.389 e. The van der Waals surface area contributed by atoms with Gasteiger partial charge in [-0.2, -0.15) is 0 Å². The Balaban J connectivity index is 0.000000191. The van der Waals surface area contributed by atoms with Crippen LogP contribution >= 0.6 is 23.2 Å². The smallest absolute Gasteiger partial charge is 0.237 e. The van der Waals surface area contributed by atoms with E-state index in [0.717, 1.165) is 67.3 Å². The van der Waals surface area contributed by atoms with Crippen LogP contribution in [0.1, 0.15) is 108 Å². The average Bonchev–Trinajstić information content (AvgIpc) is 3.64. The molecule has 12 heteroatoms. The third kappa shape index (κ3) is 10.6. The summed E-state index contributed by atoms with van der Waals surface area (Å²) in [5.41, 5.74) is 13.0. The van der Waals surface area contributed by atoms with Crippen molar-refractivity contribution in [1.29, 1.82) is 0 Å². The molecule has 3 aromatic rings. The van der Waals surface area contributed by atoms with E-state index in [2.05, 4.69) is 46.6 Å². The van der Waals surface area contributed by atoms with Gasteiger partial charge in [-0.3, -0.25) is 14.6 Å². The van der Waals surface area contributed by atoms with Gasteiger partial charge in [0.2, 0.25) is 11.8 Å². The van der Waals surface area contributed by atoms with Gasteiger partial charge in [0.15, 0.2) is 0 Å². The maximum absolute atomic E-state index is 13.0. The van der Waals surface area contributed by atoms with Gasteiger partial charge in [0.05, 0.1) is 30.1 Å². The fourth-order valence-corrected chi connectivity index (χ4v) is 8.36. The van der Waals surface area contributed by atoms with E-state index in [4.69, 9.17) is 34.7 Å². The molecule has 1 aromatic heterocycles. The quantitative estimate of drug-likeness (QED) is 0.144. The number of hydrogen-bond acceptors (Lipinski definition) is 8. The topological polar surface area (TPSA) is 159 Å². The van der Waals surface area contributed by atoms with Crippen molar-refractivity contribution in [1.82, 2.24) is 15.3 Å². The van der Waals surface area contributed by atoms with Gasteiger partial charge >= 0.3 is 0 Å². The van der Waals surface area contributed by atoms with E-state index in [-0.39, 0.29) is 29.4 Å². The van der Waals surface area contributed by atoms with Gasteiger partial charge < -0.3 is 32.1 Å². The zero-order valence-corrected chi connectivity index (χ0v) is 32.7. The lowest BCUT2D eigenvalue weighted by molar-refractivity contribution is -0.130. The van der Waals surface area contributed by atoms with Crippen molar-refractivity contribution in [2.24, 2.45) is 23.3 Å². The van der Waals surface area contributed by atoms with Gasteiger partial charge in [-0.15, -0.1) is 0 Å². The van der Waals surface area contributed by atoms with Crippen LogP contribution < -0.4 is 27.0 Å². The molecule has 4 aliphatic rings. The Morgan fingerprint density at radius 3 is 2.25 bits per heavy atom. The monoisotopic (exact) mass is 765 g/mol. The number of primary amides is 1. The van der Waals surface area contributed by atoms with Gasteiger partial charge in [-0.05, 0) is 86.3 Å². The molecule has 0 spiro atoms. The first-order valence-electron chi connectivity index (χ1n) is 19.3. The van der Waals surface area contributed by atoms with Crippen LogP contribution in [0.4, 0.5) is 11.6 Å². The number of aromatic nitrogens is 2. The molecule has 2 aromatic carbocycles. The minimum absolute atomic E-state index is 0.0300. The Morgan fingerprint density at radius 2 is 1.64 bits per heavy atom. The number of nitrogens with two attached hydrogens (primary N) is 2. The zero-order valence-electron chi connectivity index (χ0n) is 31.2. The highest BCUT2D eigenvalue weighted by molar-refractivity contribution is 6.30. The Labute approximate surface area is 324 Å². The number of carbonyl (C=O) groups is 2. The first kappa shape index (κ1) is 40.7. The van der Waals surface area contributed by atoms with Crippen LogP contribution in [0.3, 0.4) is 0 Å². The lowest BCUT2D eigenvalue weighted by Gasteiger charge is -2.43. The molecule has 2 amide bonds. The summed E-state index contributed by atoms with van der Waals surface area (Å²) < 4.78 is 0. The fraction of sp³-hybridized carbons (Fsp3) is 0.561. The lowest BCUT2D eigenvalue weighted by Crippen LogP contribution is -2.56. The molecule has 53 heavy (non-hydrogen) atoms. The zero-order chi connectivity index (χ0) is 38.0. The van der Waals surface area contributed by atoms with Gasteiger partial charge in [-0.25, -0.2) is 4.98 Å². The summed E-state index contributed by atoms with van der Waals surface area (Å²) in [6.45, 7) is 6.34. The number of amides is 2. The average molecular weight is 767 g/mol. The Bertz CT molecular complexity index is 1660. The summed E-state index contributed by atoms with van der Waals surface area (Å²) in [7, 11) is 0. The van der Waals surface area contributed by atoms with E-state index in [9.17, 15) is 14.7 Å². The van der Waals surface area contributed by atoms with Crippen molar-refractivity contribution < 1.29 is 14.7 Å². The molecule has 288 valence electrons. The second kappa shape index (κ2) is 18.7. The summed E-state index contributed by atoms with van der Waals surface area (Å²) in [6.07, 6.45) is 15.0. The second-order valence-electron chi connectivity index (χ2n) is 15.4. The molecule has 3 unspecified atom stereocenters. The molecule has 3 atom stereocenters. The second-order valence-corrected chi connectivity index (χ2v) is 16.3. The lowest BCUT2D eigenvalue weighted by atomic mass is 9.64. The first-order valence-corrected chi connectivity index (χ1v) is 20.1.